The van der Waals surface area contributed by atoms with Gasteiger partial charge >= 0.3 is 0 Å². The maximum absolute atomic E-state index is 12.7. The molecule has 0 unspecified atom stereocenters. The molecule has 1 aliphatic carbocycles. The summed E-state index contributed by atoms with van der Waals surface area (Å²) in [5, 5.41) is 2.69. The van der Waals surface area contributed by atoms with Crippen LogP contribution in [0.25, 0.3) is 0 Å². The quantitative estimate of drug-likeness (QED) is 0.607. The fourth-order valence-corrected chi connectivity index (χ4v) is 3.04. The molecule has 0 aliphatic heterocycles. The Morgan fingerprint density at radius 1 is 0.741 bits per heavy atom. The predicted molar refractivity (Wildman–Crippen MR) is 100 cm³/mol. The van der Waals surface area contributed by atoms with Crippen molar-refractivity contribution in [3.63, 3.8) is 0 Å². The topological polar surface area (TPSA) is 72.5 Å². The number of carbonyl (C=O) groups excluding carboxylic acids is 3. The Morgan fingerprint density at radius 2 is 1.33 bits per heavy atom. The van der Waals surface area contributed by atoms with E-state index in [1.807, 2.05) is 18.2 Å². The second-order valence-electron chi connectivity index (χ2n) is 6.11. The van der Waals surface area contributed by atoms with Crippen molar-refractivity contribution in [3.05, 3.63) is 95.1 Å². The number of amides is 1. The molecule has 0 saturated heterocycles. The van der Waals surface area contributed by atoms with E-state index >= 15 is 0 Å². The van der Waals surface area contributed by atoms with Crippen LogP contribution in [0.1, 0.15) is 31.8 Å². The van der Waals surface area contributed by atoms with Gasteiger partial charge in [-0.3, -0.25) is 14.4 Å². The van der Waals surface area contributed by atoms with Gasteiger partial charge in [-0.05, 0) is 30.3 Å². The third-order valence-corrected chi connectivity index (χ3v) is 4.32. The summed E-state index contributed by atoms with van der Waals surface area (Å²) in [7, 11) is 0. The van der Waals surface area contributed by atoms with Crippen molar-refractivity contribution in [3.8, 4) is 5.75 Å². The van der Waals surface area contributed by atoms with Crippen LogP contribution < -0.4 is 10.1 Å². The molecule has 0 aromatic heterocycles. The number of fused-ring (bicyclic) bond motifs is 2. The zero-order valence-electron chi connectivity index (χ0n) is 14.3. The summed E-state index contributed by atoms with van der Waals surface area (Å²) in [4.78, 5) is 37.4. The number of hydrogen-bond acceptors (Lipinski definition) is 4. The average Bonchev–Trinajstić information content (AvgIpc) is 2.71. The number of anilines is 1. The van der Waals surface area contributed by atoms with Crippen molar-refractivity contribution in [2.45, 2.75) is 0 Å². The number of ketones is 2. The number of rotatable bonds is 4. The summed E-state index contributed by atoms with van der Waals surface area (Å²) in [6.45, 7) is -0.156. The van der Waals surface area contributed by atoms with E-state index in [0.717, 1.165) is 0 Å². The highest BCUT2D eigenvalue weighted by Crippen LogP contribution is 2.29. The minimum atomic E-state index is -0.353. The molecule has 5 nitrogen and oxygen atoms in total. The van der Waals surface area contributed by atoms with Crippen LogP contribution in [-0.2, 0) is 4.79 Å². The Bertz CT molecular complexity index is 1060. The summed E-state index contributed by atoms with van der Waals surface area (Å²) in [5.74, 6) is -0.174. The SMILES string of the molecule is O=C(COc1ccccc1)Nc1ccc2c(c1)C(=O)c1ccccc1C2=O. The van der Waals surface area contributed by atoms with E-state index < -0.39 is 0 Å². The van der Waals surface area contributed by atoms with Gasteiger partial charge in [0.15, 0.2) is 18.2 Å². The van der Waals surface area contributed by atoms with E-state index in [-0.39, 0.29) is 24.1 Å². The number of ether oxygens (including phenoxy) is 1. The number of benzene rings is 3. The van der Waals surface area contributed by atoms with Crippen LogP contribution >= 0.6 is 0 Å². The number of para-hydroxylation sites is 1. The summed E-state index contributed by atoms with van der Waals surface area (Å²) in [5.41, 5.74) is 1.86. The molecule has 132 valence electrons. The second kappa shape index (κ2) is 6.88. The molecule has 3 aromatic carbocycles. The van der Waals surface area contributed by atoms with Crippen LogP contribution in [0.3, 0.4) is 0 Å². The van der Waals surface area contributed by atoms with E-state index in [1.165, 1.54) is 6.07 Å². The van der Waals surface area contributed by atoms with E-state index in [1.54, 1.807) is 48.5 Å². The minimum Gasteiger partial charge on any atom is -0.484 e. The lowest BCUT2D eigenvalue weighted by molar-refractivity contribution is -0.118. The molecule has 4 rings (SSSR count). The molecule has 0 spiro atoms. The molecular weight excluding hydrogens is 342 g/mol. The largest absolute Gasteiger partial charge is 0.484 e. The van der Waals surface area contributed by atoms with Crippen molar-refractivity contribution in [1.82, 2.24) is 0 Å². The number of hydrogen-bond donors (Lipinski definition) is 1. The van der Waals surface area contributed by atoms with Gasteiger partial charge in [-0.15, -0.1) is 0 Å². The summed E-state index contributed by atoms with van der Waals surface area (Å²) < 4.78 is 5.40. The number of nitrogens with one attached hydrogen (secondary N) is 1. The smallest absolute Gasteiger partial charge is 0.262 e. The molecule has 1 amide bonds. The Balaban J connectivity index is 1.52. The van der Waals surface area contributed by atoms with Gasteiger partial charge in [0.2, 0.25) is 0 Å². The van der Waals surface area contributed by atoms with Gasteiger partial charge in [0.05, 0.1) is 0 Å². The lowest BCUT2D eigenvalue weighted by Crippen LogP contribution is -2.23. The first-order valence-corrected chi connectivity index (χ1v) is 8.43. The van der Waals surface area contributed by atoms with E-state index in [2.05, 4.69) is 5.32 Å². The van der Waals surface area contributed by atoms with Gasteiger partial charge in [-0.2, -0.15) is 0 Å². The lowest BCUT2D eigenvalue weighted by Gasteiger charge is -2.18. The highest BCUT2D eigenvalue weighted by atomic mass is 16.5. The van der Waals surface area contributed by atoms with Crippen molar-refractivity contribution < 1.29 is 19.1 Å². The fraction of sp³-hybridized carbons (Fsp3) is 0.0455. The van der Waals surface area contributed by atoms with E-state index in [0.29, 0.717) is 33.7 Å². The Hall–Kier alpha value is -3.73. The zero-order valence-corrected chi connectivity index (χ0v) is 14.3. The first-order valence-electron chi connectivity index (χ1n) is 8.43. The van der Waals surface area contributed by atoms with Gasteiger partial charge in [-0.25, -0.2) is 0 Å². The predicted octanol–water partition coefficient (Wildman–Crippen LogP) is 3.48. The van der Waals surface area contributed by atoms with Gasteiger partial charge < -0.3 is 10.1 Å². The monoisotopic (exact) mass is 357 g/mol. The van der Waals surface area contributed by atoms with Crippen LogP contribution in [0, 0.1) is 0 Å². The maximum atomic E-state index is 12.7. The van der Waals surface area contributed by atoms with Crippen molar-refractivity contribution in [2.75, 3.05) is 11.9 Å². The molecule has 0 saturated carbocycles. The molecule has 1 aliphatic rings. The van der Waals surface area contributed by atoms with Crippen LogP contribution in [0.15, 0.2) is 72.8 Å². The summed E-state index contributed by atoms with van der Waals surface area (Å²) in [6.07, 6.45) is 0. The highest BCUT2D eigenvalue weighted by molar-refractivity contribution is 6.28. The molecule has 5 heteroatoms. The normalized spacial score (nSPS) is 12.1. The summed E-state index contributed by atoms with van der Waals surface area (Å²) >= 11 is 0. The first-order chi connectivity index (χ1) is 13.1. The Morgan fingerprint density at radius 3 is 2.04 bits per heavy atom. The van der Waals surface area contributed by atoms with Crippen LogP contribution in [0.4, 0.5) is 5.69 Å². The van der Waals surface area contributed by atoms with Crippen LogP contribution in [0.2, 0.25) is 0 Å². The van der Waals surface area contributed by atoms with Crippen LogP contribution in [0.5, 0.6) is 5.75 Å². The van der Waals surface area contributed by atoms with Gasteiger partial charge in [0.25, 0.3) is 5.91 Å². The molecule has 1 N–H and O–H groups in total. The molecule has 0 atom stereocenters. The van der Waals surface area contributed by atoms with Crippen LogP contribution in [-0.4, -0.2) is 24.1 Å². The fourth-order valence-electron chi connectivity index (χ4n) is 3.04. The second-order valence-corrected chi connectivity index (χ2v) is 6.11. The number of carbonyl (C=O) groups is 3. The Labute approximate surface area is 155 Å². The molecule has 0 fully saturated rings. The standard InChI is InChI=1S/C22H15NO4/c24-20(13-27-15-6-2-1-3-7-15)23-14-10-11-18-19(12-14)22(26)17-9-5-4-8-16(17)21(18)25/h1-12H,13H2,(H,23,24). The summed E-state index contributed by atoms with van der Waals surface area (Å²) in [6, 6.07) is 20.5. The van der Waals surface area contributed by atoms with Crippen molar-refractivity contribution in [1.29, 1.82) is 0 Å². The third-order valence-electron chi connectivity index (χ3n) is 4.32. The first kappa shape index (κ1) is 16.7. The van der Waals surface area contributed by atoms with E-state index in [9.17, 15) is 14.4 Å². The molecular formula is C22H15NO4. The zero-order chi connectivity index (χ0) is 18.8. The molecule has 27 heavy (non-hydrogen) atoms. The van der Waals surface area contributed by atoms with Crippen molar-refractivity contribution >= 4 is 23.2 Å². The third kappa shape index (κ3) is 3.22. The molecule has 0 bridgehead atoms. The maximum Gasteiger partial charge on any atom is 0.262 e. The molecule has 0 heterocycles. The van der Waals surface area contributed by atoms with Gasteiger partial charge in [0.1, 0.15) is 5.75 Å². The molecule has 3 aromatic rings. The minimum absolute atomic E-state index is 0.156. The van der Waals surface area contributed by atoms with Gasteiger partial charge in [-0.1, -0.05) is 42.5 Å². The highest BCUT2D eigenvalue weighted by Gasteiger charge is 2.29. The van der Waals surface area contributed by atoms with E-state index in [4.69, 9.17) is 4.74 Å². The van der Waals surface area contributed by atoms with Crippen molar-refractivity contribution in [2.24, 2.45) is 0 Å². The average molecular weight is 357 g/mol. The Kier molecular flexibility index (Phi) is 4.26. The lowest BCUT2D eigenvalue weighted by atomic mass is 9.84. The molecule has 0 radical (unpaired) electrons. The van der Waals surface area contributed by atoms with Gasteiger partial charge in [0, 0.05) is 27.9 Å².